The topological polar surface area (TPSA) is 78.0 Å². The van der Waals surface area contributed by atoms with E-state index >= 15 is 0 Å². The Labute approximate surface area is 122 Å². The summed E-state index contributed by atoms with van der Waals surface area (Å²) in [7, 11) is 0. The Balaban J connectivity index is 2.69. The van der Waals surface area contributed by atoms with Gasteiger partial charge in [0.15, 0.2) is 5.78 Å². The summed E-state index contributed by atoms with van der Waals surface area (Å²) < 4.78 is 1.58. The van der Waals surface area contributed by atoms with Gasteiger partial charge in [0.25, 0.3) is 5.69 Å². The first-order chi connectivity index (χ1) is 9.86. The van der Waals surface area contributed by atoms with Crippen molar-refractivity contribution in [1.82, 2.24) is 9.78 Å². The summed E-state index contributed by atoms with van der Waals surface area (Å²) in [5.74, 6) is -0.202. The highest BCUT2D eigenvalue weighted by Gasteiger charge is 2.21. The number of hydrogen-bond acceptors (Lipinski definition) is 4. The van der Waals surface area contributed by atoms with Crippen LogP contribution in [-0.2, 0) is 6.42 Å². The van der Waals surface area contributed by atoms with Gasteiger partial charge in [-0.3, -0.25) is 14.9 Å². The van der Waals surface area contributed by atoms with Gasteiger partial charge in [-0.25, -0.2) is 4.68 Å². The van der Waals surface area contributed by atoms with E-state index in [0.29, 0.717) is 11.3 Å². The van der Waals surface area contributed by atoms with Crippen molar-refractivity contribution in [2.45, 2.75) is 34.1 Å². The number of hydrogen-bond donors (Lipinski definition) is 0. The van der Waals surface area contributed by atoms with Gasteiger partial charge in [-0.05, 0) is 44.9 Å². The van der Waals surface area contributed by atoms with Crippen LogP contribution in [0.5, 0.6) is 0 Å². The van der Waals surface area contributed by atoms with Crippen LogP contribution >= 0.6 is 0 Å². The Bertz CT molecular complexity index is 732. The minimum Gasteiger partial charge on any atom is -0.295 e. The third-order valence-corrected chi connectivity index (χ3v) is 3.60. The molecule has 0 amide bonds. The third-order valence-electron chi connectivity index (χ3n) is 3.60. The molecule has 0 N–H and O–H groups in total. The fraction of sp³-hybridized carbons (Fsp3) is 0.333. The van der Waals surface area contributed by atoms with Gasteiger partial charge in [0.05, 0.1) is 10.6 Å². The average Bonchev–Trinajstić information content (AvgIpc) is 2.72. The van der Waals surface area contributed by atoms with Gasteiger partial charge in [0.1, 0.15) is 5.69 Å². The van der Waals surface area contributed by atoms with E-state index in [0.717, 1.165) is 23.4 Å². The zero-order valence-corrected chi connectivity index (χ0v) is 12.5. The number of nitro groups is 1. The maximum absolute atomic E-state index is 11.4. The van der Waals surface area contributed by atoms with Gasteiger partial charge in [-0.15, -0.1) is 0 Å². The number of Topliss-reactive ketones (excluding diaryl/α,β-unsaturated/α-hetero) is 1. The largest absolute Gasteiger partial charge is 0.295 e. The Morgan fingerprint density at radius 1 is 1.38 bits per heavy atom. The first-order valence-electron chi connectivity index (χ1n) is 6.71. The van der Waals surface area contributed by atoms with Crippen LogP contribution in [-0.4, -0.2) is 20.5 Å². The van der Waals surface area contributed by atoms with Crippen molar-refractivity contribution in [3.8, 4) is 5.69 Å². The smallest absolute Gasteiger partial charge is 0.295 e. The Kier molecular flexibility index (Phi) is 3.88. The van der Waals surface area contributed by atoms with Crippen molar-refractivity contribution in [3.05, 3.63) is 50.8 Å². The predicted molar refractivity (Wildman–Crippen MR) is 79.1 cm³/mol. The van der Waals surface area contributed by atoms with Crippen LogP contribution in [0.25, 0.3) is 5.69 Å². The average molecular weight is 287 g/mol. The second-order valence-corrected chi connectivity index (χ2v) is 4.93. The fourth-order valence-electron chi connectivity index (χ4n) is 2.49. The van der Waals surface area contributed by atoms with E-state index in [2.05, 4.69) is 5.10 Å². The maximum atomic E-state index is 11.4. The van der Waals surface area contributed by atoms with Crippen LogP contribution in [0.4, 0.5) is 5.69 Å². The molecule has 2 aromatic rings. The summed E-state index contributed by atoms with van der Waals surface area (Å²) in [5.41, 5.74) is 3.41. The molecule has 0 unspecified atom stereocenters. The lowest BCUT2D eigenvalue weighted by molar-refractivity contribution is -0.384. The van der Waals surface area contributed by atoms with Crippen LogP contribution in [0.15, 0.2) is 18.2 Å². The predicted octanol–water partition coefficient (Wildman–Crippen LogP) is 3.16. The molecule has 0 radical (unpaired) electrons. The second-order valence-electron chi connectivity index (χ2n) is 4.93. The SMILES string of the molecule is CCc1c(C)nn(-c2ccc(C(C)=O)cc2[N+](=O)[O-])c1C. The van der Waals surface area contributed by atoms with E-state index in [1.807, 2.05) is 20.8 Å². The lowest BCUT2D eigenvalue weighted by atomic mass is 10.1. The summed E-state index contributed by atoms with van der Waals surface area (Å²) in [6, 6.07) is 4.47. The summed E-state index contributed by atoms with van der Waals surface area (Å²) >= 11 is 0. The van der Waals surface area contributed by atoms with Gasteiger partial charge in [0, 0.05) is 17.3 Å². The first-order valence-corrected chi connectivity index (χ1v) is 6.71. The molecule has 0 saturated heterocycles. The molecule has 0 aliphatic carbocycles. The quantitative estimate of drug-likeness (QED) is 0.491. The van der Waals surface area contributed by atoms with Crippen molar-refractivity contribution in [1.29, 1.82) is 0 Å². The Hall–Kier alpha value is -2.50. The highest BCUT2D eigenvalue weighted by atomic mass is 16.6. The number of aromatic nitrogens is 2. The summed E-state index contributed by atoms with van der Waals surface area (Å²) in [6.07, 6.45) is 0.816. The Morgan fingerprint density at radius 2 is 2.05 bits per heavy atom. The number of carbonyl (C=O) groups is 1. The molecule has 0 fully saturated rings. The van der Waals surface area contributed by atoms with Crippen molar-refractivity contribution in [3.63, 3.8) is 0 Å². The molecule has 1 aromatic heterocycles. The number of benzene rings is 1. The fourth-order valence-corrected chi connectivity index (χ4v) is 2.49. The van der Waals surface area contributed by atoms with Crippen LogP contribution < -0.4 is 0 Å². The summed E-state index contributed by atoms with van der Waals surface area (Å²) in [5, 5.41) is 15.7. The normalized spacial score (nSPS) is 10.7. The van der Waals surface area contributed by atoms with Crippen molar-refractivity contribution in [2.75, 3.05) is 0 Å². The molecule has 21 heavy (non-hydrogen) atoms. The molecule has 2 rings (SSSR count). The molecule has 0 aliphatic rings. The lowest BCUT2D eigenvalue weighted by Crippen LogP contribution is -2.05. The van der Waals surface area contributed by atoms with E-state index < -0.39 is 4.92 Å². The maximum Gasteiger partial charge on any atom is 0.295 e. The Morgan fingerprint density at radius 3 is 2.52 bits per heavy atom. The molecule has 0 saturated carbocycles. The third kappa shape index (κ3) is 2.56. The number of ketones is 1. The molecule has 0 bridgehead atoms. The van der Waals surface area contributed by atoms with Crippen molar-refractivity contribution < 1.29 is 9.72 Å². The van der Waals surface area contributed by atoms with Gasteiger partial charge < -0.3 is 0 Å². The van der Waals surface area contributed by atoms with Gasteiger partial charge in [-0.1, -0.05) is 6.92 Å². The minimum atomic E-state index is -0.482. The first kappa shape index (κ1) is 14.9. The minimum absolute atomic E-state index is 0.115. The van der Waals surface area contributed by atoms with E-state index in [4.69, 9.17) is 0 Å². The highest BCUT2D eigenvalue weighted by molar-refractivity contribution is 5.95. The van der Waals surface area contributed by atoms with Crippen LogP contribution in [0, 0.1) is 24.0 Å². The zero-order valence-electron chi connectivity index (χ0n) is 12.5. The van der Waals surface area contributed by atoms with Gasteiger partial charge >= 0.3 is 0 Å². The van der Waals surface area contributed by atoms with Gasteiger partial charge in [-0.2, -0.15) is 5.10 Å². The van der Waals surface area contributed by atoms with E-state index in [9.17, 15) is 14.9 Å². The number of rotatable bonds is 4. The summed E-state index contributed by atoms with van der Waals surface area (Å²) in [4.78, 5) is 22.2. The van der Waals surface area contributed by atoms with Crippen LogP contribution in [0.2, 0.25) is 0 Å². The lowest BCUT2D eigenvalue weighted by Gasteiger charge is -2.07. The number of carbonyl (C=O) groups excluding carboxylic acids is 1. The summed E-state index contributed by atoms with van der Waals surface area (Å²) in [6.45, 7) is 7.19. The monoisotopic (exact) mass is 287 g/mol. The molecule has 6 heteroatoms. The number of nitro benzene ring substituents is 1. The molecule has 110 valence electrons. The molecule has 0 spiro atoms. The van der Waals surface area contributed by atoms with E-state index in [1.54, 1.807) is 16.8 Å². The molecule has 1 heterocycles. The number of aryl methyl sites for hydroxylation is 1. The van der Waals surface area contributed by atoms with Crippen LogP contribution in [0.1, 0.15) is 41.2 Å². The van der Waals surface area contributed by atoms with Crippen LogP contribution in [0.3, 0.4) is 0 Å². The molecular formula is C15H17N3O3. The standard InChI is InChI=1S/C15H17N3O3/c1-5-13-9(2)16-17(10(13)3)14-7-6-12(11(4)19)8-15(14)18(20)21/h6-8H,5H2,1-4H3. The van der Waals surface area contributed by atoms with Gasteiger partial charge in [0.2, 0.25) is 0 Å². The van der Waals surface area contributed by atoms with E-state index in [1.165, 1.54) is 13.0 Å². The van der Waals surface area contributed by atoms with Crippen molar-refractivity contribution >= 4 is 11.5 Å². The molecule has 6 nitrogen and oxygen atoms in total. The molecule has 0 atom stereocenters. The molecule has 0 aliphatic heterocycles. The molecule has 1 aromatic carbocycles. The zero-order chi connectivity index (χ0) is 15.7. The molecular weight excluding hydrogens is 270 g/mol. The highest BCUT2D eigenvalue weighted by Crippen LogP contribution is 2.27. The number of nitrogens with zero attached hydrogens (tertiary/aromatic N) is 3. The second kappa shape index (κ2) is 5.47. The van der Waals surface area contributed by atoms with Crippen molar-refractivity contribution in [2.24, 2.45) is 0 Å². The van der Waals surface area contributed by atoms with E-state index in [-0.39, 0.29) is 11.5 Å².